The second kappa shape index (κ2) is 9.13. The summed E-state index contributed by atoms with van der Waals surface area (Å²) < 4.78 is 10.5. The van der Waals surface area contributed by atoms with Crippen LogP contribution in [0.3, 0.4) is 0 Å². The molecule has 0 atom stereocenters. The number of aromatic nitrogens is 2. The summed E-state index contributed by atoms with van der Waals surface area (Å²) in [6.07, 6.45) is 7.10. The van der Waals surface area contributed by atoms with Crippen molar-refractivity contribution < 1.29 is 14.3 Å². The zero-order valence-electron chi connectivity index (χ0n) is 17.1. The van der Waals surface area contributed by atoms with E-state index in [1.165, 1.54) is 30.6 Å². The Hall–Kier alpha value is -3.13. The fourth-order valence-electron chi connectivity index (χ4n) is 3.48. The Morgan fingerprint density at radius 2 is 1.70 bits per heavy atom. The molecule has 1 N–H and O–H groups in total. The lowest BCUT2D eigenvalue weighted by Crippen LogP contribution is -2.29. The minimum Gasteiger partial charge on any atom is -0.497 e. The van der Waals surface area contributed by atoms with E-state index in [-0.39, 0.29) is 5.91 Å². The Bertz CT molecular complexity index is 994. The van der Waals surface area contributed by atoms with Gasteiger partial charge in [-0.15, -0.1) is 0 Å². The zero-order valence-corrected chi connectivity index (χ0v) is 17.9. The fraction of sp³-hybridized carbons (Fsp3) is 0.318. The monoisotopic (exact) mass is 424 g/mol. The van der Waals surface area contributed by atoms with Gasteiger partial charge in [-0.05, 0) is 43.5 Å². The van der Waals surface area contributed by atoms with E-state index in [0.29, 0.717) is 22.2 Å². The van der Waals surface area contributed by atoms with Gasteiger partial charge in [-0.2, -0.15) is 0 Å². The van der Waals surface area contributed by atoms with Crippen molar-refractivity contribution in [1.29, 1.82) is 0 Å². The number of methoxy groups -OCH3 is 2. The molecule has 8 heteroatoms. The van der Waals surface area contributed by atoms with Crippen LogP contribution in [0.2, 0.25) is 0 Å². The fourth-order valence-corrected chi connectivity index (χ4v) is 4.52. The molecule has 1 fully saturated rings. The van der Waals surface area contributed by atoms with Gasteiger partial charge in [0.1, 0.15) is 22.2 Å². The number of benzene rings is 1. The van der Waals surface area contributed by atoms with Crippen molar-refractivity contribution in [3.63, 3.8) is 0 Å². The van der Waals surface area contributed by atoms with Gasteiger partial charge < -0.3 is 14.4 Å². The van der Waals surface area contributed by atoms with Gasteiger partial charge >= 0.3 is 0 Å². The first kappa shape index (κ1) is 20.2. The normalized spacial score (nSPS) is 13.7. The number of carbonyl (C=O) groups is 1. The lowest BCUT2D eigenvalue weighted by Gasteiger charge is -2.27. The molecule has 0 aliphatic carbocycles. The Morgan fingerprint density at radius 1 is 1.03 bits per heavy atom. The van der Waals surface area contributed by atoms with E-state index in [1.807, 2.05) is 12.1 Å². The maximum Gasteiger partial charge on any atom is 0.257 e. The van der Waals surface area contributed by atoms with Crippen LogP contribution in [-0.4, -0.2) is 43.2 Å². The smallest absolute Gasteiger partial charge is 0.257 e. The standard InChI is InChI=1S/C22H24N4O3S/c1-28-17-12-16(13-18(14-17)29-2)20(27)25-22-24-19(15-6-8-23-9-7-15)21(30-22)26-10-4-3-5-11-26/h6-9,12-14H,3-5,10-11H2,1-2H3,(H,24,25,27). The SMILES string of the molecule is COc1cc(OC)cc(C(=O)Nc2nc(-c3ccncc3)c(N3CCCCC3)s2)c1. The molecule has 0 saturated carbocycles. The zero-order chi connectivity index (χ0) is 20.9. The second-order valence-electron chi connectivity index (χ2n) is 7.01. The summed E-state index contributed by atoms with van der Waals surface area (Å²) in [5, 5.41) is 4.59. The van der Waals surface area contributed by atoms with Crippen molar-refractivity contribution in [2.45, 2.75) is 19.3 Å². The molecule has 156 valence electrons. The molecule has 1 saturated heterocycles. The number of nitrogens with one attached hydrogen (secondary N) is 1. The van der Waals surface area contributed by atoms with Crippen LogP contribution in [0.1, 0.15) is 29.6 Å². The van der Waals surface area contributed by atoms with Crippen LogP contribution < -0.4 is 19.7 Å². The molecule has 3 heterocycles. The number of anilines is 2. The maximum absolute atomic E-state index is 12.9. The summed E-state index contributed by atoms with van der Waals surface area (Å²) >= 11 is 1.50. The van der Waals surface area contributed by atoms with E-state index in [9.17, 15) is 4.79 Å². The average molecular weight is 425 g/mol. The number of piperidine rings is 1. The van der Waals surface area contributed by atoms with E-state index < -0.39 is 0 Å². The number of pyridine rings is 1. The van der Waals surface area contributed by atoms with E-state index in [1.54, 1.807) is 44.8 Å². The van der Waals surface area contributed by atoms with Crippen molar-refractivity contribution in [2.24, 2.45) is 0 Å². The Balaban J connectivity index is 1.64. The molecule has 0 bridgehead atoms. The summed E-state index contributed by atoms with van der Waals surface area (Å²) in [5.41, 5.74) is 2.32. The van der Waals surface area contributed by atoms with Crippen molar-refractivity contribution in [3.8, 4) is 22.8 Å². The first-order valence-electron chi connectivity index (χ1n) is 9.88. The van der Waals surface area contributed by atoms with E-state index in [2.05, 4.69) is 15.2 Å². The van der Waals surface area contributed by atoms with Crippen LogP contribution in [0.5, 0.6) is 11.5 Å². The summed E-state index contributed by atoms with van der Waals surface area (Å²) in [7, 11) is 3.12. The number of carbonyl (C=O) groups excluding carboxylic acids is 1. The van der Waals surface area contributed by atoms with Crippen molar-refractivity contribution >= 4 is 27.4 Å². The van der Waals surface area contributed by atoms with Gasteiger partial charge in [0.2, 0.25) is 0 Å². The Labute approximate surface area is 179 Å². The molecule has 7 nitrogen and oxygen atoms in total. The quantitative estimate of drug-likeness (QED) is 0.629. The van der Waals surface area contributed by atoms with Crippen LogP contribution in [0.25, 0.3) is 11.3 Å². The van der Waals surface area contributed by atoms with Crippen LogP contribution in [-0.2, 0) is 0 Å². The van der Waals surface area contributed by atoms with Crippen molar-refractivity contribution in [1.82, 2.24) is 9.97 Å². The summed E-state index contributed by atoms with van der Waals surface area (Å²) in [4.78, 5) is 24.1. The van der Waals surface area contributed by atoms with Crippen LogP contribution in [0.15, 0.2) is 42.7 Å². The number of nitrogens with zero attached hydrogens (tertiary/aromatic N) is 3. The number of thiazole rings is 1. The maximum atomic E-state index is 12.9. The van der Waals surface area contributed by atoms with E-state index in [0.717, 1.165) is 29.3 Å². The molecule has 2 aromatic heterocycles. The Kier molecular flexibility index (Phi) is 6.13. The second-order valence-corrected chi connectivity index (χ2v) is 7.99. The highest BCUT2D eigenvalue weighted by Crippen LogP contribution is 2.39. The number of rotatable bonds is 6. The number of hydrogen-bond donors (Lipinski definition) is 1. The van der Waals surface area contributed by atoms with E-state index in [4.69, 9.17) is 14.5 Å². The molecule has 1 aliphatic rings. The lowest BCUT2D eigenvalue weighted by atomic mass is 10.1. The average Bonchev–Trinajstić information content (AvgIpc) is 3.23. The molecular formula is C22H24N4O3S. The summed E-state index contributed by atoms with van der Waals surface area (Å²) in [5.74, 6) is 0.864. The number of amides is 1. The van der Waals surface area contributed by atoms with Gasteiger partial charge in [0.05, 0.1) is 14.2 Å². The third kappa shape index (κ3) is 4.38. The first-order valence-corrected chi connectivity index (χ1v) is 10.7. The van der Waals surface area contributed by atoms with Crippen molar-refractivity contribution in [2.75, 3.05) is 37.5 Å². The van der Waals surface area contributed by atoms with Gasteiger partial charge in [0.15, 0.2) is 5.13 Å². The predicted octanol–water partition coefficient (Wildman–Crippen LogP) is 4.46. The molecule has 0 spiro atoms. The number of ether oxygens (including phenoxy) is 2. The largest absolute Gasteiger partial charge is 0.497 e. The number of hydrogen-bond acceptors (Lipinski definition) is 7. The predicted molar refractivity (Wildman–Crippen MR) is 119 cm³/mol. The Morgan fingerprint density at radius 3 is 2.33 bits per heavy atom. The summed E-state index contributed by atoms with van der Waals surface area (Å²) in [6, 6.07) is 8.99. The molecular weight excluding hydrogens is 400 g/mol. The van der Waals surface area contributed by atoms with Gasteiger partial charge in [-0.25, -0.2) is 4.98 Å². The van der Waals surface area contributed by atoms with Crippen molar-refractivity contribution in [3.05, 3.63) is 48.3 Å². The molecule has 3 aromatic rings. The van der Waals surface area contributed by atoms with Gasteiger partial charge in [0, 0.05) is 42.7 Å². The third-order valence-electron chi connectivity index (χ3n) is 5.04. The van der Waals surface area contributed by atoms with E-state index >= 15 is 0 Å². The molecule has 4 rings (SSSR count). The minimum absolute atomic E-state index is 0.257. The molecule has 1 amide bonds. The molecule has 0 radical (unpaired) electrons. The first-order chi connectivity index (χ1) is 14.7. The highest BCUT2D eigenvalue weighted by atomic mass is 32.1. The van der Waals surface area contributed by atoms with Gasteiger partial charge in [0.25, 0.3) is 5.91 Å². The highest BCUT2D eigenvalue weighted by Gasteiger charge is 2.22. The van der Waals surface area contributed by atoms with Crippen LogP contribution in [0, 0.1) is 0 Å². The highest BCUT2D eigenvalue weighted by molar-refractivity contribution is 7.20. The third-order valence-corrected chi connectivity index (χ3v) is 6.07. The van der Waals surface area contributed by atoms with Gasteiger partial charge in [-0.1, -0.05) is 11.3 Å². The topological polar surface area (TPSA) is 76.6 Å². The molecule has 1 aliphatic heterocycles. The van der Waals surface area contributed by atoms with Crippen LogP contribution >= 0.6 is 11.3 Å². The van der Waals surface area contributed by atoms with Gasteiger partial charge in [-0.3, -0.25) is 15.1 Å². The lowest BCUT2D eigenvalue weighted by molar-refractivity contribution is 0.102. The molecule has 30 heavy (non-hydrogen) atoms. The molecule has 1 aromatic carbocycles. The molecule has 0 unspecified atom stereocenters. The minimum atomic E-state index is -0.257. The summed E-state index contributed by atoms with van der Waals surface area (Å²) in [6.45, 7) is 2.00. The van der Waals surface area contributed by atoms with Crippen LogP contribution in [0.4, 0.5) is 10.1 Å².